The largest absolute Gasteiger partial charge is 0.487 e. The first-order valence-electron chi connectivity index (χ1n) is 17.6. The summed E-state index contributed by atoms with van der Waals surface area (Å²) in [5, 5.41) is 15.5. The van der Waals surface area contributed by atoms with E-state index in [0.29, 0.717) is 69.7 Å². The average molecular weight is 725 g/mol. The molecule has 5 fully saturated rings. The number of anilines is 1. The fraction of sp³-hybridized carbons (Fsp3) is 0.385. The highest BCUT2D eigenvalue weighted by Gasteiger charge is 2.51. The number of benzene rings is 2. The van der Waals surface area contributed by atoms with E-state index >= 15 is 4.39 Å². The Morgan fingerprint density at radius 1 is 1.18 bits per heavy atom. The molecule has 10 rings (SSSR count). The zero-order chi connectivity index (χ0) is 35.1. The number of carbonyl (C=O) groups excluding carboxylic acids is 1. The van der Waals surface area contributed by atoms with Gasteiger partial charge in [-0.3, -0.25) is 4.79 Å². The lowest BCUT2D eigenvalue weighted by Gasteiger charge is -2.39. The standard InChI is InChI=1S/C39H36Cl2FN7O2/c1-19-26-15-31(30-14-24(18-48(30)39(50)20-7-8-20)51-23-9-10-32(44)46-17-23)49(37-22-13-29(37)45-16-22)38(26)27-12-21(4-3-11-43)33(35(42)36(27)47-19)25-5-2-6-28(40)34(25)41/h2,5-6,9-10,12,15,17,20,22,24,29-30,37,45H,3-4,7-8,13-14,16,18H2,1H3,(H2,44,46). The van der Waals surface area contributed by atoms with E-state index in [0.717, 1.165) is 42.4 Å². The molecule has 5 unspecified atom stereocenters. The number of hydrogen-bond acceptors (Lipinski definition) is 7. The first-order chi connectivity index (χ1) is 24.7. The van der Waals surface area contributed by atoms with E-state index in [-0.39, 0.29) is 53.0 Å². The van der Waals surface area contributed by atoms with E-state index in [1.807, 2.05) is 24.0 Å². The highest BCUT2D eigenvalue weighted by atomic mass is 35.5. The predicted octanol–water partition coefficient (Wildman–Crippen LogP) is 7.71. The zero-order valence-corrected chi connectivity index (χ0v) is 29.5. The SMILES string of the molecule is Cc1nc2c(F)c(-c3cccc(Cl)c3Cl)c(CCC#N)cc2c2c1cc(C1CC(Oc3ccc(N)nc3)CN1C(=O)C1CC1)n2C1C2CNC1C2. The third-order valence-corrected chi connectivity index (χ3v) is 12.1. The molecule has 3 N–H and O–H groups in total. The second-order valence-corrected chi connectivity index (χ2v) is 15.2. The van der Waals surface area contributed by atoms with Crippen LogP contribution < -0.4 is 15.8 Å². The van der Waals surface area contributed by atoms with Crippen molar-refractivity contribution in [2.45, 2.75) is 69.7 Å². The lowest BCUT2D eigenvalue weighted by atomic mass is 9.79. The molecule has 5 aromatic rings. The third-order valence-electron chi connectivity index (χ3n) is 11.3. The van der Waals surface area contributed by atoms with E-state index in [1.165, 1.54) is 0 Å². The zero-order valence-electron chi connectivity index (χ0n) is 28.0. The number of nitrogens with one attached hydrogen (secondary N) is 1. The van der Waals surface area contributed by atoms with Crippen LogP contribution in [-0.2, 0) is 11.2 Å². The number of aryl methyl sites for hydroxylation is 2. The van der Waals surface area contributed by atoms with Gasteiger partial charge in [0.25, 0.3) is 0 Å². The fourth-order valence-corrected chi connectivity index (χ4v) is 9.12. The number of nitriles is 1. The van der Waals surface area contributed by atoms with Gasteiger partial charge in [-0.1, -0.05) is 35.3 Å². The molecule has 0 radical (unpaired) electrons. The maximum absolute atomic E-state index is 17.2. The first kappa shape index (κ1) is 32.5. The number of hydrogen-bond donors (Lipinski definition) is 2. The van der Waals surface area contributed by atoms with Crippen molar-refractivity contribution < 1.29 is 13.9 Å². The number of nitrogens with two attached hydrogens (primary N) is 1. The average Bonchev–Trinajstić information content (AvgIpc) is 3.40. The molecule has 2 bridgehead atoms. The number of pyridine rings is 2. The van der Waals surface area contributed by atoms with Crippen molar-refractivity contribution in [2.24, 2.45) is 11.8 Å². The number of carbonyl (C=O) groups is 1. The van der Waals surface area contributed by atoms with Crippen molar-refractivity contribution in [1.82, 2.24) is 24.8 Å². The molecule has 3 aromatic heterocycles. The van der Waals surface area contributed by atoms with Crippen LogP contribution in [0.25, 0.3) is 32.9 Å². The van der Waals surface area contributed by atoms with Gasteiger partial charge in [-0.05, 0) is 74.4 Å². The molecule has 12 heteroatoms. The molecule has 260 valence electrons. The Hall–Kier alpha value is -4.43. The van der Waals surface area contributed by atoms with E-state index in [1.54, 1.807) is 30.5 Å². The van der Waals surface area contributed by atoms with Crippen LogP contribution in [0.15, 0.2) is 48.7 Å². The number of ether oxygens (including phenoxy) is 1. The molecule has 3 saturated heterocycles. The third kappa shape index (κ3) is 5.32. The molecule has 3 aliphatic heterocycles. The van der Waals surface area contributed by atoms with Crippen LogP contribution in [0.1, 0.15) is 61.1 Å². The van der Waals surface area contributed by atoms with E-state index in [4.69, 9.17) is 38.7 Å². The number of nitrogens with zero attached hydrogens (tertiary/aromatic N) is 5. The van der Waals surface area contributed by atoms with Crippen molar-refractivity contribution in [1.29, 1.82) is 5.26 Å². The van der Waals surface area contributed by atoms with Gasteiger partial charge in [0.1, 0.15) is 23.2 Å². The maximum atomic E-state index is 17.2. The smallest absolute Gasteiger partial charge is 0.226 e. The Kier molecular flexibility index (Phi) is 7.87. The minimum Gasteiger partial charge on any atom is -0.487 e. The van der Waals surface area contributed by atoms with Crippen molar-refractivity contribution >= 4 is 56.7 Å². The monoisotopic (exact) mass is 723 g/mol. The van der Waals surface area contributed by atoms with Gasteiger partial charge in [0.2, 0.25) is 5.91 Å². The Morgan fingerprint density at radius 2 is 2.02 bits per heavy atom. The van der Waals surface area contributed by atoms with Crippen LogP contribution in [0.3, 0.4) is 0 Å². The van der Waals surface area contributed by atoms with Gasteiger partial charge < -0.3 is 25.3 Å². The number of amides is 1. The molecule has 0 spiro atoms. The molecule has 9 nitrogen and oxygen atoms in total. The highest BCUT2D eigenvalue weighted by Crippen LogP contribution is 2.51. The lowest BCUT2D eigenvalue weighted by Crippen LogP contribution is -2.41. The van der Waals surface area contributed by atoms with Gasteiger partial charge in [0, 0.05) is 64.6 Å². The van der Waals surface area contributed by atoms with Gasteiger partial charge in [0.15, 0.2) is 5.82 Å². The predicted molar refractivity (Wildman–Crippen MR) is 195 cm³/mol. The van der Waals surface area contributed by atoms with E-state index in [9.17, 15) is 10.1 Å². The second kappa shape index (κ2) is 12.4. The second-order valence-electron chi connectivity index (χ2n) is 14.5. The molecule has 5 aliphatic rings. The summed E-state index contributed by atoms with van der Waals surface area (Å²) < 4.78 is 26.0. The molecule has 2 saturated carbocycles. The number of halogens is 3. The van der Waals surface area contributed by atoms with Gasteiger partial charge >= 0.3 is 0 Å². The number of aromatic nitrogens is 3. The Labute approximate surface area is 304 Å². The number of likely N-dealkylation sites (tertiary alicyclic amines) is 1. The topological polar surface area (TPSA) is 122 Å². The summed E-state index contributed by atoms with van der Waals surface area (Å²) in [5.74, 6) is 1.12. The minimum atomic E-state index is -0.490. The molecular weight excluding hydrogens is 688 g/mol. The van der Waals surface area contributed by atoms with Crippen LogP contribution in [0.2, 0.25) is 10.0 Å². The minimum absolute atomic E-state index is 0.0292. The van der Waals surface area contributed by atoms with Crippen molar-refractivity contribution in [3.8, 4) is 22.9 Å². The first-order valence-corrected chi connectivity index (χ1v) is 18.4. The number of rotatable bonds is 8. The Morgan fingerprint density at radius 3 is 2.73 bits per heavy atom. The molecule has 2 aliphatic carbocycles. The summed E-state index contributed by atoms with van der Waals surface area (Å²) in [6.45, 7) is 3.28. The van der Waals surface area contributed by atoms with Crippen LogP contribution in [0, 0.1) is 35.9 Å². The lowest BCUT2D eigenvalue weighted by molar-refractivity contribution is -0.133. The maximum Gasteiger partial charge on any atom is 0.226 e. The Balaban J connectivity index is 1.26. The molecule has 5 atom stereocenters. The molecule has 2 aromatic carbocycles. The summed E-state index contributed by atoms with van der Waals surface area (Å²) in [5.41, 5.74) is 10.1. The summed E-state index contributed by atoms with van der Waals surface area (Å²) >= 11 is 13.1. The van der Waals surface area contributed by atoms with E-state index < -0.39 is 5.82 Å². The van der Waals surface area contributed by atoms with Gasteiger partial charge in [-0.15, -0.1) is 0 Å². The van der Waals surface area contributed by atoms with Gasteiger partial charge in [-0.2, -0.15) is 5.26 Å². The van der Waals surface area contributed by atoms with Crippen LogP contribution in [-0.4, -0.2) is 50.6 Å². The molecule has 51 heavy (non-hydrogen) atoms. The van der Waals surface area contributed by atoms with Crippen LogP contribution in [0.5, 0.6) is 5.75 Å². The van der Waals surface area contributed by atoms with E-state index in [2.05, 4.69) is 27.0 Å². The molecule has 6 heterocycles. The normalized spacial score (nSPS) is 23.9. The summed E-state index contributed by atoms with van der Waals surface area (Å²) in [7, 11) is 0. The van der Waals surface area contributed by atoms with Crippen LogP contribution >= 0.6 is 23.2 Å². The molecule has 1 amide bonds. The van der Waals surface area contributed by atoms with Crippen molar-refractivity contribution in [3.63, 3.8) is 0 Å². The highest BCUT2D eigenvalue weighted by molar-refractivity contribution is 6.43. The Bertz CT molecular complexity index is 2270. The van der Waals surface area contributed by atoms with Gasteiger partial charge in [0.05, 0.1) is 46.5 Å². The fourth-order valence-electron chi connectivity index (χ4n) is 8.72. The summed E-state index contributed by atoms with van der Waals surface area (Å²) in [6, 6.07) is 15.2. The summed E-state index contributed by atoms with van der Waals surface area (Å²) in [6.07, 6.45) is 5.35. The molecular formula is C39H36Cl2FN7O2. The van der Waals surface area contributed by atoms with Crippen LogP contribution in [0.4, 0.5) is 10.2 Å². The van der Waals surface area contributed by atoms with Crippen molar-refractivity contribution in [2.75, 3.05) is 18.8 Å². The quantitative estimate of drug-likeness (QED) is 0.168. The number of fused-ring (bicyclic) bond motifs is 4. The summed E-state index contributed by atoms with van der Waals surface area (Å²) in [4.78, 5) is 25.1. The number of nitrogen functional groups attached to an aromatic ring is 1. The van der Waals surface area contributed by atoms with Gasteiger partial charge in [-0.25, -0.2) is 14.4 Å². The van der Waals surface area contributed by atoms with Crippen molar-refractivity contribution in [3.05, 3.63) is 81.5 Å².